The molecular formula is C27H30. The number of allylic oxidation sites excluding steroid dienone is 6. The lowest BCUT2D eigenvalue weighted by atomic mass is 9.72. The third-order valence-corrected chi connectivity index (χ3v) is 5.71. The van der Waals surface area contributed by atoms with Gasteiger partial charge in [0.2, 0.25) is 0 Å². The second-order valence-electron chi connectivity index (χ2n) is 7.72. The van der Waals surface area contributed by atoms with Crippen LogP contribution in [0.2, 0.25) is 0 Å². The fourth-order valence-electron chi connectivity index (χ4n) is 4.43. The maximum atomic E-state index is 4.36. The van der Waals surface area contributed by atoms with Crippen LogP contribution in [0.15, 0.2) is 73.9 Å². The van der Waals surface area contributed by atoms with Gasteiger partial charge < -0.3 is 0 Å². The Labute approximate surface area is 164 Å². The van der Waals surface area contributed by atoms with E-state index in [1.807, 2.05) is 0 Å². The van der Waals surface area contributed by atoms with Gasteiger partial charge in [-0.25, -0.2) is 0 Å². The van der Waals surface area contributed by atoms with Gasteiger partial charge in [-0.15, -0.1) is 0 Å². The van der Waals surface area contributed by atoms with E-state index in [1.165, 1.54) is 39.0 Å². The quantitative estimate of drug-likeness (QED) is 0.480. The molecule has 2 aromatic carbocycles. The van der Waals surface area contributed by atoms with E-state index in [-0.39, 0.29) is 5.41 Å². The third-order valence-electron chi connectivity index (χ3n) is 5.71. The summed E-state index contributed by atoms with van der Waals surface area (Å²) in [6.45, 7) is 17.5. The van der Waals surface area contributed by atoms with E-state index in [1.54, 1.807) is 0 Å². The summed E-state index contributed by atoms with van der Waals surface area (Å²) >= 11 is 0. The van der Waals surface area contributed by atoms with Gasteiger partial charge in [-0.05, 0) is 65.7 Å². The Morgan fingerprint density at radius 2 is 1.81 bits per heavy atom. The summed E-state index contributed by atoms with van der Waals surface area (Å²) in [6, 6.07) is 15.4. The molecule has 0 N–H and O–H groups in total. The van der Waals surface area contributed by atoms with Crippen LogP contribution < -0.4 is 0 Å². The maximum Gasteiger partial charge on any atom is 0.0227 e. The van der Waals surface area contributed by atoms with E-state index in [2.05, 4.69) is 102 Å². The van der Waals surface area contributed by atoms with Crippen molar-refractivity contribution < 1.29 is 0 Å². The summed E-state index contributed by atoms with van der Waals surface area (Å²) in [5, 5.41) is 0. The number of fused-ring (bicyclic) bond motifs is 1. The highest BCUT2D eigenvalue weighted by Crippen LogP contribution is 2.51. The Kier molecular flexibility index (Phi) is 5.37. The minimum absolute atomic E-state index is 0.0781. The van der Waals surface area contributed by atoms with Crippen LogP contribution in [0.1, 0.15) is 68.4 Å². The van der Waals surface area contributed by atoms with Gasteiger partial charge in [0.15, 0.2) is 0 Å². The van der Waals surface area contributed by atoms with E-state index >= 15 is 0 Å². The molecule has 138 valence electrons. The fraction of sp³-hybridized carbons (Fsp3) is 0.259. The number of hydrogen-bond acceptors (Lipinski definition) is 0. The van der Waals surface area contributed by atoms with Crippen LogP contribution in [-0.4, -0.2) is 0 Å². The van der Waals surface area contributed by atoms with Crippen molar-refractivity contribution in [3.05, 3.63) is 102 Å². The van der Waals surface area contributed by atoms with Gasteiger partial charge in [0.1, 0.15) is 0 Å². The van der Waals surface area contributed by atoms with Crippen LogP contribution in [0.25, 0.3) is 16.7 Å². The van der Waals surface area contributed by atoms with Gasteiger partial charge in [0.25, 0.3) is 0 Å². The zero-order valence-corrected chi connectivity index (χ0v) is 17.1. The predicted octanol–water partition coefficient (Wildman–Crippen LogP) is 7.81. The van der Waals surface area contributed by atoms with E-state index < -0.39 is 0 Å². The standard InChI is InChI=1S/C27H30/c1-7-9-13-21(8-2)23-15-12-17-25(26(23)19(3)4)27(6)18-20(5)22-14-10-11-16-24(22)27/h8-17H,3,5,7,18H2,1-2,4,6H3. The van der Waals surface area contributed by atoms with Crippen molar-refractivity contribution in [1.82, 2.24) is 0 Å². The molecule has 1 aliphatic rings. The molecule has 0 nitrogen and oxygen atoms in total. The van der Waals surface area contributed by atoms with E-state index in [9.17, 15) is 0 Å². The smallest absolute Gasteiger partial charge is 0.0227 e. The van der Waals surface area contributed by atoms with Gasteiger partial charge in [-0.1, -0.05) is 93.3 Å². The molecule has 0 fully saturated rings. The topological polar surface area (TPSA) is 0 Å². The molecule has 0 spiro atoms. The molecule has 0 heterocycles. The van der Waals surface area contributed by atoms with Gasteiger partial charge in [0, 0.05) is 5.41 Å². The predicted molar refractivity (Wildman–Crippen MR) is 121 cm³/mol. The first-order valence-corrected chi connectivity index (χ1v) is 9.84. The van der Waals surface area contributed by atoms with Gasteiger partial charge >= 0.3 is 0 Å². The third kappa shape index (κ3) is 3.25. The van der Waals surface area contributed by atoms with Crippen molar-refractivity contribution in [2.24, 2.45) is 0 Å². The summed E-state index contributed by atoms with van der Waals surface area (Å²) in [6.07, 6.45) is 8.63. The molecule has 0 amide bonds. The molecule has 3 rings (SSSR count). The summed E-state index contributed by atoms with van der Waals surface area (Å²) in [7, 11) is 0. The van der Waals surface area contributed by atoms with E-state index in [4.69, 9.17) is 0 Å². The summed E-state index contributed by atoms with van der Waals surface area (Å²) in [5.41, 5.74) is 10.1. The molecule has 1 atom stereocenters. The van der Waals surface area contributed by atoms with Gasteiger partial charge in [-0.3, -0.25) is 0 Å². The van der Waals surface area contributed by atoms with Crippen molar-refractivity contribution >= 4 is 16.7 Å². The molecule has 0 aromatic heterocycles. The SMILES string of the molecule is C=C1CC(C)(c2cccc(C(C=CCC)=CC)c2C(=C)C)c2ccccc21. The lowest BCUT2D eigenvalue weighted by Gasteiger charge is -2.30. The molecule has 1 aliphatic carbocycles. The van der Waals surface area contributed by atoms with Crippen molar-refractivity contribution in [1.29, 1.82) is 0 Å². The molecule has 0 saturated heterocycles. The minimum Gasteiger partial charge on any atom is -0.0955 e. The maximum absolute atomic E-state index is 4.36. The minimum atomic E-state index is -0.0781. The summed E-state index contributed by atoms with van der Waals surface area (Å²) in [5.74, 6) is 0. The lowest BCUT2D eigenvalue weighted by Crippen LogP contribution is -2.22. The zero-order chi connectivity index (χ0) is 19.6. The fourth-order valence-corrected chi connectivity index (χ4v) is 4.43. The second kappa shape index (κ2) is 7.56. The average Bonchev–Trinajstić information content (AvgIpc) is 2.94. The monoisotopic (exact) mass is 354 g/mol. The Hall–Kier alpha value is -2.60. The van der Waals surface area contributed by atoms with Crippen LogP contribution in [0, 0.1) is 0 Å². The largest absolute Gasteiger partial charge is 0.0955 e. The van der Waals surface area contributed by atoms with Crippen molar-refractivity contribution in [2.45, 2.75) is 46.0 Å². The molecule has 0 bridgehead atoms. The van der Waals surface area contributed by atoms with Crippen LogP contribution in [0.3, 0.4) is 0 Å². The molecule has 2 aromatic rings. The van der Waals surface area contributed by atoms with Gasteiger partial charge in [0.05, 0.1) is 0 Å². The van der Waals surface area contributed by atoms with Crippen LogP contribution in [0.5, 0.6) is 0 Å². The summed E-state index contributed by atoms with van der Waals surface area (Å²) < 4.78 is 0. The van der Waals surface area contributed by atoms with E-state index in [0.29, 0.717) is 0 Å². The van der Waals surface area contributed by atoms with Crippen molar-refractivity contribution in [3.8, 4) is 0 Å². The highest BCUT2D eigenvalue weighted by molar-refractivity contribution is 5.86. The molecule has 0 heteroatoms. The van der Waals surface area contributed by atoms with E-state index in [0.717, 1.165) is 18.4 Å². The van der Waals surface area contributed by atoms with Crippen molar-refractivity contribution in [3.63, 3.8) is 0 Å². The van der Waals surface area contributed by atoms with Crippen LogP contribution >= 0.6 is 0 Å². The Bertz CT molecular complexity index is 952. The molecule has 0 saturated carbocycles. The first kappa shape index (κ1) is 19.2. The average molecular weight is 355 g/mol. The zero-order valence-electron chi connectivity index (χ0n) is 17.1. The first-order valence-electron chi connectivity index (χ1n) is 9.84. The van der Waals surface area contributed by atoms with Gasteiger partial charge in [-0.2, -0.15) is 0 Å². The Morgan fingerprint density at radius 1 is 1.11 bits per heavy atom. The highest BCUT2D eigenvalue weighted by Gasteiger charge is 2.39. The lowest BCUT2D eigenvalue weighted by molar-refractivity contribution is 0.610. The Morgan fingerprint density at radius 3 is 2.48 bits per heavy atom. The number of rotatable bonds is 5. The van der Waals surface area contributed by atoms with Crippen LogP contribution in [0.4, 0.5) is 0 Å². The number of hydrogen-bond donors (Lipinski definition) is 0. The molecule has 27 heavy (non-hydrogen) atoms. The normalized spacial score (nSPS) is 19.6. The first-order chi connectivity index (χ1) is 12.9. The second-order valence-corrected chi connectivity index (χ2v) is 7.72. The highest BCUT2D eigenvalue weighted by atomic mass is 14.4. The number of benzene rings is 2. The molecule has 0 radical (unpaired) electrons. The van der Waals surface area contributed by atoms with Crippen LogP contribution in [-0.2, 0) is 5.41 Å². The Balaban J connectivity index is 2.27. The molecule has 1 unspecified atom stereocenters. The molecule has 0 aliphatic heterocycles. The summed E-state index contributed by atoms with van der Waals surface area (Å²) in [4.78, 5) is 0. The molecular weight excluding hydrogens is 324 g/mol. The van der Waals surface area contributed by atoms with Crippen molar-refractivity contribution in [2.75, 3.05) is 0 Å².